The van der Waals surface area contributed by atoms with Crippen LogP contribution in [0.4, 0.5) is 0 Å². The zero-order valence-electron chi connectivity index (χ0n) is 9.60. The summed E-state index contributed by atoms with van der Waals surface area (Å²) in [6.45, 7) is 7.80. The molecule has 0 saturated carbocycles. The topological polar surface area (TPSA) is 42.1 Å². The van der Waals surface area contributed by atoms with Crippen LogP contribution in [0.15, 0.2) is 10.9 Å². The van der Waals surface area contributed by atoms with E-state index >= 15 is 0 Å². The minimum atomic E-state index is 0.169. The van der Waals surface area contributed by atoms with Crippen LogP contribution in [0.25, 0.3) is 0 Å². The maximum atomic E-state index is 6.18. The van der Waals surface area contributed by atoms with Gasteiger partial charge in [0, 0.05) is 23.5 Å². The maximum absolute atomic E-state index is 6.18. The molecule has 3 nitrogen and oxygen atoms in total. The van der Waals surface area contributed by atoms with Crippen molar-refractivity contribution in [2.45, 2.75) is 44.8 Å². The van der Waals surface area contributed by atoms with E-state index in [1.54, 1.807) is 11.3 Å². The quantitative estimate of drug-likeness (QED) is 0.795. The van der Waals surface area contributed by atoms with Gasteiger partial charge in [0.05, 0.1) is 17.2 Å². The van der Waals surface area contributed by atoms with E-state index in [2.05, 4.69) is 36.0 Å². The first kappa shape index (κ1) is 11.0. The van der Waals surface area contributed by atoms with Gasteiger partial charge in [0.1, 0.15) is 0 Å². The van der Waals surface area contributed by atoms with Crippen molar-refractivity contribution in [2.24, 2.45) is 5.73 Å². The van der Waals surface area contributed by atoms with Crippen molar-refractivity contribution in [3.05, 3.63) is 16.6 Å². The summed E-state index contributed by atoms with van der Waals surface area (Å²) in [5.74, 6) is 0. The minimum absolute atomic E-state index is 0.169. The number of hydrogen-bond acceptors (Lipinski definition) is 4. The lowest BCUT2D eigenvalue weighted by atomic mass is 10.0. The van der Waals surface area contributed by atoms with Crippen LogP contribution in [0.2, 0.25) is 0 Å². The summed E-state index contributed by atoms with van der Waals surface area (Å²) in [7, 11) is 0. The molecule has 0 radical (unpaired) electrons. The van der Waals surface area contributed by atoms with Gasteiger partial charge in [-0.15, -0.1) is 11.3 Å². The molecule has 0 aliphatic carbocycles. The van der Waals surface area contributed by atoms with Gasteiger partial charge in [-0.05, 0) is 27.2 Å². The summed E-state index contributed by atoms with van der Waals surface area (Å²) < 4.78 is 0. The smallest absolute Gasteiger partial charge is 0.0795 e. The number of likely N-dealkylation sites (tertiary alicyclic amines) is 1. The van der Waals surface area contributed by atoms with Crippen molar-refractivity contribution >= 4 is 11.3 Å². The highest BCUT2D eigenvalue weighted by molar-refractivity contribution is 7.07. The third-order valence-corrected chi connectivity index (χ3v) is 3.67. The van der Waals surface area contributed by atoms with E-state index in [9.17, 15) is 0 Å². The summed E-state index contributed by atoms with van der Waals surface area (Å²) in [6, 6.07) is 0.530. The van der Waals surface area contributed by atoms with Crippen molar-refractivity contribution in [2.75, 3.05) is 6.54 Å². The van der Waals surface area contributed by atoms with Gasteiger partial charge in [-0.25, -0.2) is 4.98 Å². The molecule has 2 N–H and O–H groups in total. The zero-order valence-corrected chi connectivity index (χ0v) is 10.4. The molecule has 0 bridgehead atoms. The molecule has 4 heteroatoms. The van der Waals surface area contributed by atoms with Gasteiger partial charge in [-0.1, -0.05) is 0 Å². The van der Waals surface area contributed by atoms with Crippen LogP contribution < -0.4 is 5.73 Å². The first-order valence-corrected chi connectivity index (χ1v) is 6.35. The Bertz CT molecular complexity index is 315. The normalized spacial score (nSPS) is 28.5. The average molecular weight is 225 g/mol. The third kappa shape index (κ3) is 2.07. The van der Waals surface area contributed by atoms with Gasteiger partial charge in [-0.3, -0.25) is 4.90 Å². The molecule has 1 aliphatic rings. The monoisotopic (exact) mass is 225 g/mol. The Hall–Kier alpha value is -0.450. The number of hydrogen-bond donors (Lipinski definition) is 1. The van der Waals surface area contributed by atoms with Crippen LogP contribution in [0.1, 0.15) is 38.9 Å². The van der Waals surface area contributed by atoms with E-state index < -0.39 is 0 Å². The summed E-state index contributed by atoms with van der Waals surface area (Å²) in [4.78, 5) is 6.87. The van der Waals surface area contributed by atoms with E-state index in [1.807, 2.05) is 5.51 Å². The molecule has 84 valence electrons. The molecule has 1 aliphatic heterocycles. The van der Waals surface area contributed by atoms with Crippen molar-refractivity contribution in [1.29, 1.82) is 0 Å². The second kappa shape index (κ2) is 3.85. The van der Waals surface area contributed by atoms with E-state index in [0.717, 1.165) is 18.7 Å². The molecule has 1 fully saturated rings. The van der Waals surface area contributed by atoms with E-state index in [0.29, 0.717) is 6.04 Å². The van der Waals surface area contributed by atoms with E-state index in [1.165, 1.54) is 0 Å². The first-order chi connectivity index (χ1) is 7.00. The van der Waals surface area contributed by atoms with Gasteiger partial charge < -0.3 is 5.73 Å². The lowest BCUT2D eigenvalue weighted by molar-refractivity contribution is 0.115. The van der Waals surface area contributed by atoms with Crippen LogP contribution in [0.3, 0.4) is 0 Å². The molecule has 15 heavy (non-hydrogen) atoms. The van der Waals surface area contributed by atoms with E-state index in [4.69, 9.17) is 5.73 Å². The van der Waals surface area contributed by atoms with Crippen LogP contribution in [-0.4, -0.2) is 28.0 Å². The molecule has 0 spiro atoms. The largest absolute Gasteiger partial charge is 0.326 e. The molecule has 1 aromatic heterocycles. The fourth-order valence-corrected chi connectivity index (χ4v) is 2.90. The predicted octanol–water partition coefficient (Wildman–Crippen LogP) is 2.02. The minimum Gasteiger partial charge on any atom is -0.326 e. The van der Waals surface area contributed by atoms with Crippen molar-refractivity contribution in [3.8, 4) is 0 Å². The Balaban J connectivity index is 2.27. The molecule has 1 saturated heterocycles. The summed E-state index contributed by atoms with van der Waals surface area (Å²) in [5, 5.41) is 2.12. The van der Waals surface area contributed by atoms with Gasteiger partial charge >= 0.3 is 0 Å². The average Bonchev–Trinajstić information content (AvgIpc) is 2.69. The second-order valence-electron chi connectivity index (χ2n) is 5.17. The molecular formula is C11H19N3S. The highest BCUT2D eigenvalue weighted by Gasteiger charge is 2.39. The van der Waals surface area contributed by atoms with Crippen LogP contribution in [-0.2, 0) is 0 Å². The number of nitrogens with two attached hydrogens (primary N) is 1. The summed E-state index contributed by atoms with van der Waals surface area (Å²) >= 11 is 1.65. The highest BCUT2D eigenvalue weighted by Crippen LogP contribution is 2.36. The van der Waals surface area contributed by atoms with Gasteiger partial charge in [0.15, 0.2) is 0 Å². The third-order valence-electron chi connectivity index (χ3n) is 3.06. The lowest BCUT2D eigenvalue weighted by Gasteiger charge is -2.37. The number of nitrogens with zero attached hydrogens (tertiary/aromatic N) is 2. The van der Waals surface area contributed by atoms with Crippen molar-refractivity contribution in [1.82, 2.24) is 9.88 Å². The van der Waals surface area contributed by atoms with Gasteiger partial charge in [0.25, 0.3) is 0 Å². The zero-order chi connectivity index (χ0) is 11.1. The van der Waals surface area contributed by atoms with Crippen molar-refractivity contribution in [3.63, 3.8) is 0 Å². The summed E-state index contributed by atoms with van der Waals surface area (Å²) in [6.07, 6.45) is 1.07. The molecule has 0 aromatic carbocycles. The van der Waals surface area contributed by atoms with Gasteiger partial charge in [-0.2, -0.15) is 0 Å². The maximum Gasteiger partial charge on any atom is 0.0795 e. The fourth-order valence-electron chi connectivity index (χ4n) is 2.32. The number of thiazole rings is 1. The second-order valence-corrected chi connectivity index (χ2v) is 5.89. The summed E-state index contributed by atoms with van der Waals surface area (Å²) in [5.41, 5.74) is 9.38. The Labute approximate surface area is 95.3 Å². The standard InChI is InChI=1S/C11H19N3S/c1-11(2,3)14-5-4-8(12)10(14)9-6-15-7-13-9/h6-8,10H,4-5,12H2,1-3H3. The van der Waals surface area contributed by atoms with E-state index in [-0.39, 0.29) is 11.6 Å². The molecule has 1 aromatic rings. The Morgan fingerprint density at radius 2 is 2.27 bits per heavy atom. The molecule has 2 heterocycles. The molecule has 0 amide bonds. The first-order valence-electron chi connectivity index (χ1n) is 5.40. The number of rotatable bonds is 1. The Morgan fingerprint density at radius 3 is 2.80 bits per heavy atom. The van der Waals surface area contributed by atoms with Gasteiger partial charge in [0.2, 0.25) is 0 Å². The van der Waals surface area contributed by atoms with Crippen LogP contribution >= 0.6 is 11.3 Å². The highest BCUT2D eigenvalue weighted by atomic mass is 32.1. The molecule has 2 rings (SSSR count). The molecular weight excluding hydrogens is 206 g/mol. The molecule has 2 atom stereocenters. The Morgan fingerprint density at radius 1 is 1.53 bits per heavy atom. The predicted molar refractivity (Wildman–Crippen MR) is 63.9 cm³/mol. The fraction of sp³-hybridized carbons (Fsp3) is 0.727. The van der Waals surface area contributed by atoms with Crippen molar-refractivity contribution < 1.29 is 0 Å². The lowest BCUT2D eigenvalue weighted by Crippen LogP contribution is -2.43. The molecule has 2 unspecified atom stereocenters. The Kier molecular flexibility index (Phi) is 2.83. The van der Waals surface area contributed by atoms with Crippen LogP contribution in [0, 0.1) is 0 Å². The SMILES string of the molecule is CC(C)(C)N1CCC(N)C1c1cscn1. The van der Waals surface area contributed by atoms with Crippen LogP contribution in [0.5, 0.6) is 0 Å². The number of aromatic nitrogens is 1.